The molecule has 0 heterocycles. The SMILES string of the molecule is CN.CN.CN.OOB(O)O. The summed E-state index contributed by atoms with van der Waals surface area (Å²) in [4.78, 5) is 2.86. The van der Waals surface area contributed by atoms with E-state index in [0.29, 0.717) is 0 Å². The standard InChI is InChI=1S/3CH5N.BH3O4/c3*1-2;2-1(3)5-4/h3*2H2,1H3;2-4H. The fourth-order valence-electron chi connectivity index (χ4n) is 0. The summed E-state index contributed by atoms with van der Waals surface area (Å²) in [7, 11) is 2.44. The van der Waals surface area contributed by atoms with Crippen molar-refractivity contribution in [2.24, 2.45) is 17.2 Å². The van der Waals surface area contributed by atoms with Crippen molar-refractivity contribution in [3.05, 3.63) is 0 Å². The number of rotatable bonds is 1. The van der Waals surface area contributed by atoms with Gasteiger partial charge in [0.15, 0.2) is 0 Å². The molecule has 0 amide bonds. The van der Waals surface area contributed by atoms with Crippen molar-refractivity contribution in [3.8, 4) is 0 Å². The average molecular weight is 171 g/mol. The quantitative estimate of drug-likeness (QED) is 0.141. The molecule has 0 rings (SSSR count). The van der Waals surface area contributed by atoms with E-state index in [1.165, 1.54) is 21.1 Å². The Hall–Kier alpha value is -0.215. The Kier molecular flexibility index (Phi) is 107. The maximum absolute atomic E-state index is 7.44. The van der Waals surface area contributed by atoms with Crippen molar-refractivity contribution in [1.29, 1.82) is 0 Å². The van der Waals surface area contributed by atoms with Gasteiger partial charge in [-0.25, -0.2) is 4.81 Å². The first-order valence-electron chi connectivity index (χ1n) is 2.67. The summed E-state index contributed by atoms with van der Waals surface area (Å²) in [5.41, 5.74) is 13.5. The molecule has 0 aliphatic rings. The Morgan fingerprint density at radius 1 is 0.909 bits per heavy atom. The highest BCUT2D eigenvalue weighted by atomic mass is 17.1. The molecule has 0 bridgehead atoms. The van der Waals surface area contributed by atoms with E-state index in [1.54, 1.807) is 0 Å². The summed E-state index contributed by atoms with van der Waals surface area (Å²) in [5, 5.41) is 22.0. The van der Waals surface area contributed by atoms with Gasteiger partial charge in [-0.05, 0) is 21.1 Å². The second kappa shape index (κ2) is 52.7. The molecule has 0 aliphatic heterocycles. The summed E-state index contributed by atoms with van der Waals surface area (Å²) in [6.07, 6.45) is 0. The topological polar surface area (TPSA) is 148 Å². The summed E-state index contributed by atoms with van der Waals surface area (Å²) >= 11 is 0. The van der Waals surface area contributed by atoms with Crippen LogP contribution in [0, 0.1) is 0 Å². The molecule has 9 N–H and O–H groups in total. The molecule has 0 atom stereocenters. The van der Waals surface area contributed by atoms with Gasteiger partial charge < -0.3 is 27.2 Å². The number of hydrogen-bond acceptors (Lipinski definition) is 7. The minimum absolute atomic E-state index is 1.50. The van der Waals surface area contributed by atoms with Gasteiger partial charge in [-0.3, -0.25) is 5.26 Å². The lowest BCUT2D eigenvalue weighted by Crippen LogP contribution is -2.13. The molecule has 72 valence electrons. The fourth-order valence-corrected chi connectivity index (χ4v) is 0. The van der Waals surface area contributed by atoms with Crippen LogP contribution < -0.4 is 17.2 Å². The van der Waals surface area contributed by atoms with E-state index in [0.717, 1.165) is 0 Å². The van der Waals surface area contributed by atoms with Crippen LogP contribution in [0.1, 0.15) is 0 Å². The predicted octanol–water partition coefficient (Wildman–Crippen LogP) is -2.83. The molecule has 8 heteroatoms. The lowest BCUT2D eigenvalue weighted by Gasteiger charge is -1.82. The van der Waals surface area contributed by atoms with Crippen LogP contribution in [0.4, 0.5) is 0 Å². The van der Waals surface area contributed by atoms with Gasteiger partial charge in [-0.2, -0.15) is 0 Å². The van der Waals surface area contributed by atoms with Gasteiger partial charge >= 0.3 is 7.32 Å². The zero-order valence-corrected chi connectivity index (χ0v) is 7.06. The van der Waals surface area contributed by atoms with E-state index in [2.05, 4.69) is 22.0 Å². The average Bonchev–Trinajstić information content (AvgIpc) is 2.15. The minimum Gasteiger partial charge on any atom is -0.400 e. The summed E-state index contributed by atoms with van der Waals surface area (Å²) in [5.74, 6) is 0. The molecule has 0 unspecified atom stereocenters. The highest BCUT2D eigenvalue weighted by molar-refractivity contribution is 6.32. The van der Waals surface area contributed by atoms with Crippen LogP contribution in [0.2, 0.25) is 0 Å². The Morgan fingerprint density at radius 3 is 1.00 bits per heavy atom. The molecule has 0 radical (unpaired) electrons. The van der Waals surface area contributed by atoms with Crippen molar-refractivity contribution >= 4 is 7.32 Å². The summed E-state index contributed by atoms with van der Waals surface area (Å²) < 4.78 is 0. The van der Waals surface area contributed by atoms with Gasteiger partial charge in [-0.1, -0.05) is 0 Å². The van der Waals surface area contributed by atoms with Crippen molar-refractivity contribution in [2.45, 2.75) is 0 Å². The van der Waals surface area contributed by atoms with Crippen LogP contribution in [-0.2, 0) is 4.81 Å². The third-order valence-corrected chi connectivity index (χ3v) is 0.0943. The zero-order valence-electron chi connectivity index (χ0n) is 7.06. The van der Waals surface area contributed by atoms with Crippen molar-refractivity contribution < 1.29 is 20.1 Å². The van der Waals surface area contributed by atoms with E-state index in [9.17, 15) is 0 Å². The Morgan fingerprint density at radius 2 is 1.00 bits per heavy atom. The molecule has 11 heavy (non-hydrogen) atoms. The van der Waals surface area contributed by atoms with Crippen LogP contribution >= 0.6 is 0 Å². The molecular weight excluding hydrogens is 153 g/mol. The maximum Gasteiger partial charge on any atom is 0.662 e. The largest absolute Gasteiger partial charge is 0.662 e. The normalized spacial score (nSPS) is 5.18. The van der Waals surface area contributed by atoms with Gasteiger partial charge in [0.05, 0.1) is 0 Å². The van der Waals surface area contributed by atoms with E-state index in [4.69, 9.17) is 15.3 Å². The Labute approximate surface area is 66.9 Å². The molecule has 0 spiro atoms. The highest BCUT2D eigenvalue weighted by Gasteiger charge is 2.03. The van der Waals surface area contributed by atoms with Crippen molar-refractivity contribution in [2.75, 3.05) is 21.1 Å². The zero-order chi connectivity index (χ0) is 10.3. The first kappa shape index (κ1) is 22.4. The fraction of sp³-hybridized carbons (Fsp3) is 1.00. The third kappa shape index (κ3) is 186. The first-order valence-corrected chi connectivity index (χ1v) is 2.67. The molecule has 0 saturated heterocycles. The molecule has 0 aromatic carbocycles. The molecule has 0 fully saturated rings. The van der Waals surface area contributed by atoms with Crippen LogP contribution in [0.5, 0.6) is 0 Å². The van der Waals surface area contributed by atoms with Gasteiger partial charge in [-0.15, -0.1) is 0 Å². The molecule has 0 aromatic heterocycles. The van der Waals surface area contributed by atoms with E-state index < -0.39 is 7.32 Å². The summed E-state index contributed by atoms with van der Waals surface area (Å²) in [6.45, 7) is 0. The Balaban J connectivity index is -0.0000000350. The smallest absolute Gasteiger partial charge is 0.400 e. The third-order valence-electron chi connectivity index (χ3n) is 0.0943. The van der Waals surface area contributed by atoms with Gasteiger partial charge in [0.2, 0.25) is 0 Å². The number of hydrogen-bond donors (Lipinski definition) is 6. The molecule has 7 nitrogen and oxygen atoms in total. The number of nitrogens with two attached hydrogens (primary N) is 3. The lowest BCUT2D eigenvalue weighted by molar-refractivity contribution is -0.173. The van der Waals surface area contributed by atoms with Gasteiger partial charge in [0, 0.05) is 0 Å². The summed E-state index contributed by atoms with van der Waals surface area (Å²) in [6, 6.07) is 0. The van der Waals surface area contributed by atoms with Crippen molar-refractivity contribution in [3.63, 3.8) is 0 Å². The molecular formula is C3H18BN3O4. The molecule has 0 aliphatic carbocycles. The Bertz CT molecular complexity index is 34.5. The van der Waals surface area contributed by atoms with E-state index in [1.807, 2.05) is 0 Å². The van der Waals surface area contributed by atoms with Gasteiger partial charge in [0.25, 0.3) is 0 Å². The van der Waals surface area contributed by atoms with E-state index in [-0.39, 0.29) is 0 Å². The van der Waals surface area contributed by atoms with Crippen LogP contribution in [-0.4, -0.2) is 43.8 Å². The van der Waals surface area contributed by atoms with Crippen LogP contribution in [0.15, 0.2) is 0 Å². The second-order valence-corrected chi connectivity index (χ2v) is 0.432. The second-order valence-electron chi connectivity index (χ2n) is 0.432. The monoisotopic (exact) mass is 171 g/mol. The first-order chi connectivity index (χ1) is 5.27. The van der Waals surface area contributed by atoms with Gasteiger partial charge in [0.1, 0.15) is 0 Å². The minimum atomic E-state index is -2.06. The highest BCUT2D eigenvalue weighted by Crippen LogP contribution is 1.58. The van der Waals surface area contributed by atoms with E-state index >= 15 is 0 Å². The van der Waals surface area contributed by atoms with Crippen LogP contribution in [0.25, 0.3) is 0 Å². The molecule has 0 aromatic rings. The van der Waals surface area contributed by atoms with Crippen LogP contribution in [0.3, 0.4) is 0 Å². The van der Waals surface area contributed by atoms with Crippen molar-refractivity contribution in [1.82, 2.24) is 0 Å². The maximum atomic E-state index is 7.44. The molecule has 0 saturated carbocycles. The predicted molar refractivity (Wildman–Crippen MR) is 44.2 cm³/mol. The lowest BCUT2D eigenvalue weighted by atomic mass is 10.3.